The monoisotopic (exact) mass is 394 g/mol. The predicted octanol–water partition coefficient (Wildman–Crippen LogP) is -1.12. The molecule has 0 aliphatic heterocycles. The third kappa shape index (κ3) is 4.45. The third-order valence-electron chi connectivity index (χ3n) is 4.54. The number of nitrogens with two attached hydrogens (primary N) is 1. The minimum atomic E-state index is -1.48. The number of aliphatic hydroxyl groups excluding tert-OH is 2. The van der Waals surface area contributed by atoms with E-state index in [0.29, 0.717) is 12.8 Å². The molecule has 152 valence electrons. The van der Waals surface area contributed by atoms with Gasteiger partial charge in [-0.25, -0.2) is 9.59 Å². The molecule has 7 N–H and O–H groups in total. The second kappa shape index (κ2) is 8.79. The van der Waals surface area contributed by atoms with E-state index in [1.165, 1.54) is 6.08 Å². The molecule has 1 aromatic heterocycles. The molecule has 1 fully saturated rings. The lowest BCUT2D eigenvalue weighted by Gasteiger charge is -2.44. The van der Waals surface area contributed by atoms with E-state index in [2.05, 4.69) is 27.4 Å². The van der Waals surface area contributed by atoms with Crippen molar-refractivity contribution >= 4 is 12.0 Å². The number of nitrogens with zero attached hydrogens (tertiary/aromatic N) is 3. The van der Waals surface area contributed by atoms with E-state index in [4.69, 9.17) is 25.6 Å². The van der Waals surface area contributed by atoms with Crippen LogP contribution in [0.4, 0.5) is 4.79 Å². The van der Waals surface area contributed by atoms with Crippen LogP contribution < -0.4 is 16.4 Å². The lowest BCUT2D eigenvalue weighted by atomic mass is 9.67. The van der Waals surface area contributed by atoms with Crippen LogP contribution in [0.15, 0.2) is 17.1 Å². The smallest absolute Gasteiger partial charge is 0.328 e. The number of rotatable bonds is 9. The first kappa shape index (κ1) is 21.3. The Balaban J connectivity index is 2.19. The van der Waals surface area contributed by atoms with E-state index in [0.717, 1.165) is 0 Å². The summed E-state index contributed by atoms with van der Waals surface area (Å²) in [6.45, 7) is 2.64. The minimum absolute atomic E-state index is 0.0226. The number of carboxylic acid groups (broad SMARTS) is 1. The number of hydrogen-bond donors (Lipinski definition) is 6. The molecule has 0 spiro atoms. The van der Waals surface area contributed by atoms with Crippen LogP contribution in [0, 0.1) is 17.2 Å². The zero-order valence-electron chi connectivity index (χ0n) is 14.9. The average molecular weight is 394 g/mol. The van der Waals surface area contributed by atoms with Crippen LogP contribution >= 0.6 is 0 Å². The van der Waals surface area contributed by atoms with Crippen molar-refractivity contribution in [1.82, 2.24) is 20.8 Å². The van der Waals surface area contributed by atoms with E-state index in [9.17, 15) is 14.7 Å². The van der Waals surface area contributed by atoms with Crippen LogP contribution in [0.25, 0.3) is 0 Å². The first-order valence-electron chi connectivity index (χ1n) is 8.45. The first-order valence-corrected chi connectivity index (χ1v) is 8.45. The molecule has 2 rings (SSSR count). The largest absolute Gasteiger partial charge is 0.480 e. The number of aromatic nitrogens is 2. The van der Waals surface area contributed by atoms with Gasteiger partial charge in [0.2, 0.25) is 11.8 Å². The first-order chi connectivity index (χ1) is 13.3. The van der Waals surface area contributed by atoms with Crippen molar-refractivity contribution < 1.29 is 29.3 Å². The number of amides is 2. The number of hydrogen-bond acceptors (Lipinski definition) is 9. The van der Waals surface area contributed by atoms with Crippen molar-refractivity contribution in [3.63, 3.8) is 0 Å². The van der Waals surface area contributed by atoms with Gasteiger partial charge in [0.25, 0.3) is 0 Å². The van der Waals surface area contributed by atoms with Gasteiger partial charge >= 0.3 is 12.0 Å². The van der Waals surface area contributed by atoms with Gasteiger partial charge in [0.15, 0.2) is 6.04 Å². The van der Waals surface area contributed by atoms with Gasteiger partial charge in [-0.3, -0.25) is 0 Å². The number of nitriles is 1. The van der Waals surface area contributed by atoms with E-state index < -0.39 is 42.3 Å². The molecule has 0 bridgehead atoms. The normalized spacial score (nSPS) is 24.1. The molecule has 28 heavy (non-hydrogen) atoms. The molecule has 0 saturated heterocycles. The fourth-order valence-electron chi connectivity index (χ4n) is 2.98. The molecule has 1 aliphatic carbocycles. The van der Waals surface area contributed by atoms with Gasteiger partial charge in [0.05, 0.1) is 18.8 Å². The van der Waals surface area contributed by atoms with Crippen molar-refractivity contribution in [3.8, 4) is 6.07 Å². The molecule has 12 heteroatoms. The summed E-state index contributed by atoms with van der Waals surface area (Å²) in [5.41, 5.74) is 4.69. The molecule has 0 radical (unpaired) electrons. The summed E-state index contributed by atoms with van der Waals surface area (Å²) in [5, 5.41) is 49.0. The van der Waals surface area contributed by atoms with E-state index in [1.807, 2.05) is 6.07 Å². The van der Waals surface area contributed by atoms with E-state index in [1.54, 1.807) is 0 Å². The molecule has 0 unspecified atom stereocenters. The highest BCUT2D eigenvalue weighted by Crippen LogP contribution is 2.46. The molecular formula is C16H22N6O6. The number of nitrogens with one attached hydrogen (secondary N) is 2. The van der Waals surface area contributed by atoms with Crippen molar-refractivity contribution in [2.45, 2.75) is 43.0 Å². The predicted molar refractivity (Wildman–Crippen MR) is 92.2 cm³/mol. The Morgan fingerprint density at radius 2 is 2.18 bits per heavy atom. The Hall–Kier alpha value is -3.01. The molecule has 1 aromatic rings. The fraction of sp³-hybridized carbons (Fsp3) is 0.562. The molecule has 2 amide bonds. The summed E-state index contributed by atoms with van der Waals surface area (Å²) in [7, 11) is 0. The maximum Gasteiger partial charge on any atom is 0.328 e. The van der Waals surface area contributed by atoms with Crippen LogP contribution in [0.2, 0.25) is 0 Å². The highest BCUT2D eigenvalue weighted by atomic mass is 16.4. The highest BCUT2D eigenvalue weighted by molar-refractivity contribution is 5.83. The van der Waals surface area contributed by atoms with Crippen molar-refractivity contribution in [3.05, 3.63) is 24.4 Å². The second-order valence-corrected chi connectivity index (χ2v) is 6.59. The average Bonchev–Trinajstić information content (AvgIpc) is 3.13. The Labute approximate surface area is 160 Å². The standard InChI is InChI=1S/C16H22N6O6/c1-2-10(24)11(18)12-21-22-14(28-12)16(5-8(6-16)3-4-17)20-15(27)19-9(7-23)13(25)26/h2,8-11,23-24H,1,3,5-7,18H2,(H,25,26)(H2,19,20,27)/t8?,9-,10+,11-,16?/m0/s1. The maximum absolute atomic E-state index is 12.2. The Morgan fingerprint density at radius 3 is 2.71 bits per heavy atom. The highest BCUT2D eigenvalue weighted by Gasteiger charge is 2.51. The number of aliphatic carboxylic acids is 1. The Kier molecular flexibility index (Phi) is 6.68. The lowest BCUT2D eigenvalue weighted by Crippen LogP contribution is -2.59. The molecule has 0 aromatic carbocycles. The molecule has 3 atom stereocenters. The molecular weight excluding hydrogens is 372 g/mol. The molecule has 1 heterocycles. The van der Waals surface area contributed by atoms with Crippen molar-refractivity contribution in [2.24, 2.45) is 11.7 Å². The maximum atomic E-state index is 12.2. The molecule has 12 nitrogen and oxygen atoms in total. The van der Waals surface area contributed by atoms with E-state index in [-0.39, 0.29) is 24.1 Å². The van der Waals surface area contributed by atoms with Crippen molar-refractivity contribution in [2.75, 3.05) is 6.61 Å². The zero-order chi connectivity index (χ0) is 20.9. The minimum Gasteiger partial charge on any atom is -0.480 e. The van der Waals surface area contributed by atoms with E-state index >= 15 is 0 Å². The summed E-state index contributed by atoms with van der Waals surface area (Å²) in [5.74, 6) is -1.46. The molecule has 1 saturated carbocycles. The fourth-order valence-corrected chi connectivity index (χ4v) is 2.98. The quantitative estimate of drug-likeness (QED) is 0.278. The Bertz CT molecular complexity index is 768. The van der Waals surface area contributed by atoms with Crippen LogP contribution in [-0.2, 0) is 10.3 Å². The van der Waals surface area contributed by atoms with Crippen LogP contribution in [0.1, 0.15) is 37.1 Å². The summed E-state index contributed by atoms with van der Waals surface area (Å²) in [6.07, 6.45) is 0.977. The van der Waals surface area contributed by atoms with Crippen LogP contribution in [0.5, 0.6) is 0 Å². The van der Waals surface area contributed by atoms with Gasteiger partial charge < -0.3 is 36.1 Å². The summed E-state index contributed by atoms with van der Waals surface area (Å²) in [4.78, 5) is 23.2. The van der Waals surface area contributed by atoms with Gasteiger partial charge in [0.1, 0.15) is 11.6 Å². The number of carboxylic acids is 1. The third-order valence-corrected chi connectivity index (χ3v) is 4.54. The number of urea groups is 1. The number of carbonyl (C=O) groups is 2. The van der Waals surface area contributed by atoms with Gasteiger partial charge in [0, 0.05) is 6.42 Å². The number of carbonyl (C=O) groups excluding carboxylic acids is 1. The zero-order valence-corrected chi connectivity index (χ0v) is 14.9. The second-order valence-electron chi connectivity index (χ2n) is 6.59. The lowest BCUT2D eigenvalue weighted by molar-refractivity contribution is -0.140. The van der Waals surface area contributed by atoms with Crippen molar-refractivity contribution in [1.29, 1.82) is 5.26 Å². The summed E-state index contributed by atoms with van der Waals surface area (Å²) >= 11 is 0. The van der Waals surface area contributed by atoms with Gasteiger partial charge in [-0.15, -0.1) is 16.8 Å². The topological polar surface area (TPSA) is 208 Å². The van der Waals surface area contributed by atoms with Crippen LogP contribution in [0.3, 0.4) is 0 Å². The van der Waals surface area contributed by atoms with Gasteiger partial charge in [-0.2, -0.15) is 5.26 Å². The van der Waals surface area contributed by atoms with Crippen LogP contribution in [-0.4, -0.2) is 56.3 Å². The SMILES string of the molecule is C=C[C@@H](O)[C@H](N)c1nnc(C2(NC(=O)N[C@@H](CO)C(=O)O)CC(CC#N)C2)o1. The summed E-state index contributed by atoms with van der Waals surface area (Å²) in [6, 6.07) is -1.30. The van der Waals surface area contributed by atoms with Gasteiger partial charge in [-0.05, 0) is 18.8 Å². The summed E-state index contributed by atoms with van der Waals surface area (Å²) < 4.78 is 5.54. The Morgan fingerprint density at radius 1 is 1.50 bits per heavy atom. The number of aliphatic hydroxyl groups is 2. The molecule has 1 aliphatic rings. The van der Waals surface area contributed by atoms with Gasteiger partial charge in [-0.1, -0.05) is 6.08 Å².